The first-order chi connectivity index (χ1) is 13.8. The molecule has 0 saturated carbocycles. The molecule has 0 aliphatic rings. The van der Waals surface area contributed by atoms with Crippen LogP contribution in [0.4, 0.5) is 17.1 Å². The molecule has 10 heteroatoms. The van der Waals surface area contributed by atoms with Crippen molar-refractivity contribution in [2.75, 3.05) is 10.0 Å². The number of non-ortho nitro benzene ring substituents is 1. The van der Waals surface area contributed by atoms with E-state index in [0.29, 0.717) is 11.4 Å². The van der Waals surface area contributed by atoms with Gasteiger partial charge in [0.1, 0.15) is 0 Å². The zero-order chi connectivity index (χ0) is 21.0. The lowest BCUT2D eigenvalue weighted by Gasteiger charge is -2.10. The van der Waals surface area contributed by atoms with Gasteiger partial charge in [-0.05, 0) is 42.5 Å². The average Bonchev–Trinajstić information content (AvgIpc) is 2.68. The number of anilines is 2. The van der Waals surface area contributed by atoms with Gasteiger partial charge in [-0.1, -0.05) is 29.8 Å². The van der Waals surface area contributed by atoms with E-state index in [1.54, 1.807) is 30.3 Å². The first-order valence-electron chi connectivity index (χ1n) is 8.19. The first kappa shape index (κ1) is 20.3. The maximum Gasteiger partial charge on any atom is 0.270 e. The first-order valence-corrected chi connectivity index (χ1v) is 10.1. The monoisotopic (exact) mass is 431 g/mol. The molecule has 0 spiro atoms. The molecule has 0 radical (unpaired) electrons. The minimum absolute atomic E-state index is 0.0210. The van der Waals surface area contributed by atoms with Gasteiger partial charge in [0.15, 0.2) is 0 Å². The Morgan fingerprint density at radius 3 is 2.17 bits per heavy atom. The summed E-state index contributed by atoms with van der Waals surface area (Å²) in [4.78, 5) is 22.5. The van der Waals surface area contributed by atoms with Crippen LogP contribution >= 0.6 is 11.6 Å². The number of nitrogens with zero attached hydrogens (tertiary/aromatic N) is 1. The second-order valence-corrected chi connectivity index (χ2v) is 7.96. The van der Waals surface area contributed by atoms with E-state index < -0.39 is 20.9 Å². The number of rotatable bonds is 6. The van der Waals surface area contributed by atoms with Gasteiger partial charge in [0, 0.05) is 23.5 Å². The third-order valence-corrected chi connectivity index (χ3v) is 5.57. The van der Waals surface area contributed by atoms with Crippen LogP contribution in [0.5, 0.6) is 0 Å². The van der Waals surface area contributed by atoms with E-state index in [0.717, 1.165) is 6.07 Å². The molecule has 0 bridgehead atoms. The van der Waals surface area contributed by atoms with Crippen molar-refractivity contribution in [1.82, 2.24) is 0 Å². The molecule has 148 valence electrons. The van der Waals surface area contributed by atoms with Crippen molar-refractivity contribution in [3.05, 3.63) is 93.5 Å². The van der Waals surface area contributed by atoms with E-state index in [4.69, 9.17) is 11.6 Å². The molecule has 0 saturated heterocycles. The van der Waals surface area contributed by atoms with Crippen LogP contribution in [0.25, 0.3) is 0 Å². The molecule has 0 unspecified atom stereocenters. The molecule has 3 rings (SSSR count). The summed E-state index contributed by atoms with van der Waals surface area (Å²) in [6.07, 6.45) is 0. The van der Waals surface area contributed by atoms with Gasteiger partial charge in [-0.15, -0.1) is 0 Å². The van der Waals surface area contributed by atoms with Crippen molar-refractivity contribution in [1.29, 1.82) is 0 Å². The molecule has 0 atom stereocenters. The lowest BCUT2D eigenvalue weighted by Crippen LogP contribution is -2.14. The fourth-order valence-corrected chi connectivity index (χ4v) is 3.76. The van der Waals surface area contributed by atoms with E-state index >= 15 is 0 Å². The number of hydrogen-bond acceptors (Lipinski definition) is 5. The number of sulfonamides is 1. The molecule has 0 aliphatic heterocycles. The minimum Gasteiger partial charge on any atom is -0.322 e. The van der Waals surface area contributed by atoms with Crippen LogP contribution in [0.1, 0.15) is 10.4 Å². The molecule has 0 fully saturated rings. The number of halogens is 1. The van der Waals surface area contributed by atoms with Crippen LogP contribution in [0.15, 0.2) is 77.7 Å². The molecule has 2 N–H and O–H groups in total. The molecule has 0 heterocycles. The van der Waals surface area contributed by atoms with Gasteiger partial charge in [0.2, 0.25) is 0 Å². The van der Waals surface area contributed by atoms with Crippen molar-refractivity contribution in [2.24, 2.45) is 0 Å². The highest BCUT2D eigenvalue weighted by atomic mass is 35.5. The third kappa shape index (κ3) is 4.89. The zero-order valence-electron chi connectivity index (χ0n) is 14.7. The highest BCUT2D eigenvalue weighted by Gasteiger charge is 2.17. The van der Waals surface area contributed by atoms with Gasteiger partial charge in [0.25, 0.3) is 21.6 Å². The number of benzene rings is 3. The van der Waals surface area contributed by atoms with Crippen LogP contribution < -0.4 is 10.0 Å². The number of nitro benzene ring substituents is 1. The molecule has 3 aromatic carbocycles. The Morgan fingerprint density at radius 2 is 1.59 bits per heavy atom. The van der Waals surface area contributed by atoms with Crippen LogP contribution in [0, 0.1) is 10.1 Å². The standard InChI is InChI=1S/C19H14ClN3O5S/c20-18-12-15(23(25)26)8-11-17(18)19(24)21-13-6-9-16(10-7-13)29(27,28)22-14-4-2-1-3-5-14/h1-12,22H,(H,21,24). The minimum atomic E-state index is -3.78. The molecule has 8 nitrogen and oxygen atoms in total. The van der Waals surface area contributed by atoms with Gasteiger partial charge < -0.3 is 5.32 Å². The summed E-state index contributed by atoms with van der Waals surface area (Å²) in [7, 11) is -3.78. The Labute approximate surface area is 171 Å². The predicted octanol–water partition coefficient (Wildman–Crippen LogP) is 4.30. The molecule has 0 aromatic heterocycles. The molecule has 1 amide bonds. The SMILES string of the molecule is O=C(Nc1ccc(S(=O)(=O)Nc2ccccc2)cc1)c1ccc([N+](=O)[O-])cc1Cl. The second kappa shape index (κ2) is 8.29. The smallest absolute Gasteiger partial charge is 0.270 e. The predicted molar refractivity (Wildman–Crippen MR) is 110 cm³/mol. The summed E-state index contributed by atoms with van der Waals surface area (Å²) in [5, 5.41) is 13.2. The fraction of sp³-hybridized carbons (Fsp3) is 0. The number of carbonyl (C=O) groups excluding carboxylic acids is 1. The Kier molecular flexibility index (Phi) is 5.81. The summed E-state index contributed by atoms with van der Waals surface area (Å²) in [6.45, 7) is 0. The third-order valence-electron chi connectivity index (χ3n) is 3.86. The topological polar surface area (TPSA) is 118 Å². The van der Waals surface area contributed by atoms with E-state index in [1.807, 2.05) is 0 Å². The molecule has 0 aliphatic carbocycles. The highest BCUT2D eigenvalue weighted by Crippen LogP contribution is 2.24. The summed E-state index contributed by atoms with van der Waals surface area (Å²) < 4.78 is 27.3. The van der Waals surface area contributed by atoms with Gasteiger partial charge >= 0.3 is 0 Å². The number of nitrogens with one attached hydrogen (secondary N) is 2. The zero-order valence-corrected chi connectivity index (χ0v) is 16.3. The summed E-state index contributed by atoms with van der Waals surface area (Å²) >= 11 is 5.94. The summed E-state index contributed by atoms with van der Waals surface area (Å²) in [5.74, 6) is -0.581. The summed E-state index contributed by atoms with van der Waals surface area (Å²) in [6, 6.07) is 17.5. The molecular weight excluding hydrogens is 418 g/mol. The largest absolute Gasteiger partial charge is 0.322 e. The Hall–Kier alpha value is -3.43. The maximum absolute atomic E-state index is 12.4. The maximum atomic E-state index is 12.4. The Bertz CT molecular complexity index is 1170. The van der Waals surface area contributed by atoms with E-state index in [-0.39, 0.29) is 21.2 Å². The van der Waals surface area contributed by atoms with Crippen molar-refractivity contribution in [3.63, 3.8) is 0 Å². The van der Waals surface area contributed by atoms with Crippen molar-refractivity contribution >= 4 is 44.6 Å². The van der Waals surface area contributed by atoms with Crippen LogP contribution in [0.3, 0.4) is 0 Å². The molecule has 3 aromatic rings. The van der Waals surface area contributed by atoms with Crippen molar-refractivity contribution < 1.29 is 18.1 Å². The lowest BCUT2D eigenvalue weighted by atomic mass is 10.2. The second-order valence-electron chi connectivity index (χ2n) is 5.87. The molecular formula is C19H14ClN3O5S. The molecule has 29 heavy (non-hydrogen) atoms. The van der Waals surface area contributed by atoms with Gasteiger partial charge in [-0.25, -0.2) is 8.42 Å². The van der Waals surface area contributed by atoms with Crippen molar-refractivity contribution in [3.8, 4) is 0 Å². The van der Waals surface area contributed by atoms with E-state index in [2.05, 4.69) is 10.0 Å². The summed E-state index contributed by atoms with van der Waals surface area (Å²) in [5.41, 5.74) is 0.590. The Morgan fingerprint density at radius 1 is 0.931 bits per heavy atom. The van der Waals surface area contributed by atoms with Crippen LogP contribution in [-0.4, -0.2) is 19.2 Å². The average molecular weight is 432 g/mol. The van der Waals surface area contributed by atoms with Gasteiger partial charge in [-0.3, -0.25) is 19.6 Å². The quantitative estimate of drug-likeness (QED) is 0.445. The van der Waals surface area contributed by atoms with E-state index in [9.17, 15) is 23.3 Å². The number of amides is 1. The van der Waals surface area contributed by atoms with Crippen LogP contribution in [-0.2, 0) is 10.0 Å². The highest BCUT2D eigenvalue weighted by molar-refractivity contribution is 7.92. The number of carbonyl (C=O) groups is 1. The lowest BCUT2D eigenvalue weighted by molar-refractivity contribution is -0.384. The number of para-hydroxylation sites is 1. The van der Waals surface area contributed by atoms with E-state index in [1.165, 1.54) is 36.4 Å². The Balaban J connectivity index is 1.73. The van der Waals surface area contributed by atoms with Gasteiger partial charge in [0.05, 0.1) is 20.4 Å². The fourth-order valence-electron chi connectivity index (χ4n) is 2.44. The number of nitro groups is 1. The normalized spacial score (nSPS) is 10.9. The van der Waals surface area contributed by atoms with Crippen LogP contribution in [0.2, 0.25) is 5.02 Å². The van der Waals surface area contributed by atoms with Gasteiger partial charge in [-0.2, -0.15) is 0 Å². The number of hydrogen-bond donors (Lipinski definition) is 2. The van der Waals surface area contributed by atoms with Crippen molar-refractivity contribution in [2.45, 2.75) is 4.90 Å².